The molecule has 1 unspecified atom stereocenters. The van der Waals surface area contributed by atoms with Crippen LogP contribution in [0.3, 0.4) is 0 Å². The van der Waals surface area contributed by atoms with Gasteiger partial charge in [-0.05, 0) is 37.6 Å². The minimum absolute atomic E-state index is 0.536. The van der Waals surface area contributed by atoms with Crippen LogP contribution in [-0.2, 0) is 4.74 Å². The molecular formula is C12H25NO. The standard InChI is InChI=1S/C12H25NO/c1-4-7-13-12(10(2)3)9-14-8-11-5-6-11/h10-13H,4-9H2,1-3H3. The second-order valence-corrected chi connectivity index (χ2v) is 4.79. The number of nitrogens with one attached hydrogen (secondary N) is 1. The first-order chi connectivity index (χ1) is 6.74. The Labute approximate surface area is 88.4 Å². The Morgan fingerprint density at radius 1 is 1.36 bits per heavy atom. The van der Waals surface area contributed by atoms with Crippen LogP contribution in [0.25, 0.3) is 0 Å². The maximum Gasteiger partial charge on any atom is 0.0622 e. The highest BCUT2D eigenvalue weighted by molar-refractivity contribution is 4.74. The summed E-state index contributed by atoms with van der Waals surface area (Å²) in [5.41, 5.74) is 0. The van der Waals surface area contributed by atoms with E-state index in [4.69, 9.17) is 4.74 Å². The topological polar surface area (TPSA) is 21.3 Å². The van der Waals surface area contributed by atoms with Gasteiger partial charge < -0.3 is 10.1 Å². The van der Waals surface area contributed by atoms with E-state index in [1.165, 1.54) is 19.3 Å². The molecule has 2 heteroatoms. The fourth-order valence-corrected chi connectivity index (χ4v) is 1.46. The number of hydrogen-bond acceptors (Lipinski definition) is 2. The Kier molecular flexibility index (Phi) is 5.49. The molecule has 1 rings (SSSR count). The molecule has 1 N–H and O–H groups in total. The molecule has 1 fully saturated rings. The Bertz CT molecular complexity index is 143. The van der Waals surface area contributed by atoms with Crippen molar-refractivity contribution in [3.63, 3.8) is 0 Å². The van der Waals surface area contributed by atoms with E-state index < -0.39 is 0 Å². The number of ether oxygens (including phenoxy) is 1. The van der Waals surface area contributed by atoms with Crippen molar-refractivity contribution in [3.8, 4) is 0 Å². The molecule has 0 aromatic carbocycles. The van der Waals surface area contributed by atoms with Crippen LogP contribution >= 0.6 is 0 Å². The van der Waals surface area contributed by atoms with Crippen molar-refractivity contribution in [2.45, 2.75) is 46.1 Å². The summed E-state index contributed by atoms with van der Waals surface area (Å²) in [5, 5.41) is 3.54. The zero-order valence-electron chi connectivity index (χ0n) is 9.88. The summed E-state index contributed by atoms with van der Waals surface area (Å²) in [7, 11) is 0. The van der Waals surface area contributed by atoms with Gasteiger partial charge in [0.2, 0.25) is 0 Å². The fraction of sp³-hybridized carbons (Fsp3) is 1.00. The Morgan fingerprint density at radius 3 is 2.57 bits per heavy atom. The summed E-state index contributed by atoms with van der Waals surface area (Å²) in [6.07, 6.45) is 3.97. The summed E-state index contributed by atoms with van der Waals surface area (Å²) in [4.78, 5) is 0. The monoisotopic (exact) mass is 199 g/mol. The molecule has 0 aromatic heterocycles. The highest BCUT2D eigenvalue weighted by atomic mass is 16.5. The molecule has 0 bridgehead atoms. The van der Waals surface area contributed by atoms with Crippen molar-refractivity contribution in [1.82, 2.24) is 5.32 Å². The lowest BCUT2D eigenvalue weighted by Gasteiger charge is -2.22. The van der Waals surface area contributed by atoms with Crippen molar-refractivity contribution in [2.24, 2.45) is 11.8 Å². The molecule has 1 aliphatic rings. The fourth-order valence-electron chi connectivity index (χ4n) is 1.46. The second kappa shape index (κ2) is 6.41. The lowest BCUT2D eigenvalue weighted by molar-refractivity contribution is 0.0903. The first kappa shape index (κ1) is 12.0. The average molecular weight is 199 g/mol. The van der Waals surface area contributed by atoms with Gasteiger partial charge in [-0.15, -0.1) is 0 Å². The minimum Gasteiger partial charge on any atom is -0.380 e. The molecule has 1 aliphatic carbocycles. The summed E-state index contributed by atoms with van der Waals surface area (Å²) in [5.74, 6) is 1.55. The SMILES string of the molecule is CCCNC(COCC1CC1)C(C)C. The zero-order chi connectivity index (χ0) is 10.4. The van der Waals surface area contributed by atoms with Crippen LogP contribution in [0.4, 0.5) is 0 Å². The van der Waals surface area contributed by atoms with Crippen LogP contribution in [0.15, 0.2) is 0 Å². The lowest BCUT2D eigenvalue weighted by atomic mass is 10.1. The van der Waals surface area contributed by atoms with Crippen molar-refractivity contribution < 1.29 is 4.74 Å². The Hall–Kier alpha value is -0.0800. The molecule has 1 saturated carbocycles. The van der Waals surface area contributed by atoms with E-state index in [1.54, 1.807) is 0 Å². The van der Waals surface area contributed by atoms with Crippen molar-refractivity contribution in [1.29, 1.82) is 0 Å². The summed E-state index contributed by atoms with van der Waals surface area (Å²) < 4.78 is 5.72. The first-order valence-electron chi connectivity index (χ1n) is 6.05. The molecule has 0 spiro atoms. The molecule has 0 saturated heterocycles. The molecule has 0 heterocycles. The van der Waals surface area contributed by atoms with Crippen molar-refractivity contribution in [3.05, 3.63) is 0 Å². The van der Waals surface area contributed by atoms with E-state index in [1.807, 2.05) is 0 Å². The molecule has 0 radical (unpaired) electrons. The third kappa shape index (κ3) is 4.97. The van der Waals surface area contributed by atoms with Crippen LogP contribution in [-0.4, -0.2) is 25.8 Å². The molecule has 0 amide bonds. The summed E-state index contributed by atoms with van der Waals surface area (Å²) in [6.45, 7) is 9.69. The third-order valence-corrected chi connectivity index (χ3v) is 2.81. The molecule has 84 valence electrons. The molecule has 2 nitrogen and oxygen atoms in total. The van der Waals surface area contributed by atoms with Gasteiger partial charge in [-0.1, -0.05) is 20.8 Å². The van der Waals surface area contributed by atoms with Gasteiger partial charge in [-0.2, -0.15) is 0 Å². The number of hydrogen-bond donors (Lipinski definition) is 1. The predicted molar refractivity (Wildman–Crippen MR) is 60.5 cm³/mol. The third-order valence-electron chi connectivity index (χ3n) is 2.81. The predicted octanol–water partition coefficient (Wildman–Crippen LogP) is 2.44. The maximum absolute atomic E-state index is 5.72. The lowest BCUT2D eigenvalue weighted by Crippen LogP contribution is -2.38. The van der Waals surface area contributed by atoms with Crippen LogP contribution in [0.5, 0.6) is 0 Å². The van der Waals surface area contributed by atoms with E-state index in [-0.39, 0.29) is 0 Å². The van der Waals surface area contributed by atoms with E-state index >= 15 is 0 Å². The van der Waals surface area contributed by atoms with Crippen LogP contribution in [0, 0.1) is 11.8 Å². The van der Waals surface area contributed by atoms with E-state index in [2.05, 4.69) is 26.1 Å². The zero-order valence-corrected chi connectivity index (χ0v) is 9.88. The van der Waals surface area contributed by atoms with Gasteiger partial charge in [-0.25, -0.2) is 0 Å². The highest BCUT2D eigenvalue weighted by Gasteiger charge is 2.22. The summed E-state index contributed by atoms with van der Waals surface area (Å²) in [6, 6.07) is 0.536. The Morgan fingerprint density at radius 2 is 2.07 bits per heavy atom. The number of rotatable bonds is 8. The summed E-state index contributed by atoms with van der Waals surface area (Å²) >= 11 is 0. The second-order valence-electron chi connectivity index (χ2n) is 4.79. The van der Waals surface area contributed by atoms with Crippen LogP contribution < -0.4 is 5.32 Å². The molecule has 0 aliphatic heterocycles. The van der Waals surface area contributed by atoms with Gasteiger partial charge in [0.1, 0.15) is 0 Å². The van der Waals surface area contributed by atoms with Gasteiger partial charge in [0.25, 0.3) is 0 Å². The van der Waals surface area contributed by atoms with Gasteiger partial charge in [0.05, 0.1) is 6.61 Å². The van der Waals surface area contributed by atoms with Gasteiger partial charge in [0, 0.05) is 12.6 Å². The smallest absolute Gasteiger partial charge is 0.0622 e. The average Bonchev–Trinajstić information content (AvgIpc) is 2.94. The molecular weight excluding hydrogens is 174 g/mol. The minimum atomic E-state index is 0.536. The largest absolute Gasteiger partial charge is 0.380 e. The molecule has 1 atom stereocenters. The Balaban J connectivity index is 2.06. The normalized spacial score (nSPS) is 18.9. The quantitative estimate of drug-likeness (QED) is 0.648. The van der Waals surface area contributed by atoms with E-state index in [0.29, 0.717) is 12.0 Å². The van der Waals surface area contributed by atoms with Gasteiger partial charge in [0.15, 0.2) is 0 Å². The van der Waals surface area contributed by atoms with Crippen LogP contribution in [0.1, 0.15) is 40.0 Å². The van der Waals surface area contributed by atoms with Crippen molar-refractivity contribution in [2.75, 3.05) is 19.8 Å². The van der Waals surface area contributed by atoms with E-state index in [9.17, 15) is 0 Å². The van der Waals surface area contributed by atoms with E-state index in [0.717, 1.165) is 25.7 Å². The first-order valence-corrected chi connectivity index (χ1v) is 6.05. The van der Waals surface area contributed by atoms with Gasteiger partial charge >= 0.3 is 0 Å². The van der Waals surface area contributed by atoms with Gasteiger partial charge in [-0.3, -0.25) is 0 Å². The molecule has 0 aromatic rings. The van der Waals surface area contributed by atoms with Crippen molar-refractivity contribution >= 4 is 0 Å². The molecule has 14 heavy (non-hydrogen) atoms. The maximum atomic E-state index is 5.72. The highest BCUT2D eigenvalue weighted by Crippen LogP contribution is 2.28. The van der Waals surface area contributed by atoms with Crippen LogP contribution in [0.2, 0.25) is 0 Å².